The van der Waals surface area contributed by atoms with E-state index >= 15 is 0 Å². The molecule has 0 atom stereocenters. The molecule has 1 aromatic carbocycles. The van der Waals surface area contributed by atoms with Crippen molar-refractivity contribution in [2.24, 2.45) is 0 Å². The Morgan fingerprint density at radius 2 is 1.96 bits per heavy atom. The Morgan fingerprint density at radius 3 is 2.54 bits per heavy atom. The molecule has 26 heavy (non-hydrogen) atoms. The SMILES string of the molecule is Cc1ccc([N+](=O)[O-])c(NC(=O)Cn2nc(C)c(C)c(C#N)c2=O)c1C. The number of carbonyl (C=O) groups is 1. The van der Waals surface area contributed by atoms with Crippen LogP contribution in [-0.4, -0.2) is 20.6 Å². The van der Waals surface area contributed by atoms with Crippen LogP contribution in [0.4, 0.5) is 11.4 Å². The molecule has 0 radical (unpaired) electrons. The first-order valence-electron chi connectivity index (χ1n) is 7.70. The number of anilines is 1. The molecule has 1 aromatic heterocycles. The summed E-state index contributed by atoms with van der Waals surface area (Å²) >= 11 is 0. The number of aromatic nitrogens is 2. The van der Waals surface area contributed by atoms with E-state index in [4.69, 9.17) is 5.26 Å². The molecule has 0 saturated carbocycles. The number of hydrogen-bond donors (Lipinski definition) is 1. The number of amides is 1. The Kier molecular flexibility index (Phi) is 5.16. The van der Waals surface area contributed by atoms with Crippen LogP contribution in [0.15, 0.2) is 16.9 Å². The molecule has 1 N–H and O–H groups in total. The molecule has 0 saturated heterocycles. The Hall–Kier alpha value is -3.54. The molecular weight excluding hydrogens is 338 g/mol. The fraction of sp³-hybridized carbons (Fsp3) is 0.294. The first-order chi connectivity index (χ1) is 12.2. The minimum absolute atomic E-state index is 0.0805. The summed E-state index contributed by atoms with van der Waals surface area (Å²) in [6, 6.07) is 4.72. The summed E-state index contributed by atoms with van der Waals surface area (Å²) in [4.78, 5) is 35.2. The van der Waals surface area contributed by atoms with E-state index in [0.717, 1.165) is 10.2 Å². The highest BCUT2D eigenvalue weighted by atomic mass is 16.6. The van der Waals surface area contributed by atoms with Gasteiger partial charge in [0.1, 0.15) is 23.9 Å². The van der Waals surface area contributed by atoms with Gasteiger partial charge in [-0.05, 0) is 44.4 Å². The van der Waals surface area contributed by atoms with Gasteiger partial charge >= 0.3 is 0 Å². The van der Waals surface area contributed by atoms with Crippen LogP contribution in [0.1, 0.15) is 27.9 Å². The van der Waals surface area contributed by atoms with E-state index in [0.29, 0.717) is 16.8 Å². The second-order valence-corrected chi connectivity index (χ2v) is 5.87. The zero-order valence-corrected chi connectivity index (χ0v) is 14.8. The third-order valence-corrected chi connectivity index (χ3v) is 4.22. The molecule has 0 unspecified atom stereocenters. The molecule has 0 aliphatic rings. The Morgan fingerprint density at radius 1 is 1.31 bits per heavy atom. The maximum Gasteiger partial charge on any atom is 0.293 e. The van der Waals surface area contributed by atoms with Crippen LogP contribution in [-0.2, 0) is 11.3 Å². The van der Waals surface area contributed by atoms with Crippen molar-refractivity contribution in [3.05, 3.63) is 60.5 Å². The number of aryl methyl sites for hydroxylation is 2. The van der Waals surface area contributed by atoms with Crippen LogP contribution in [0.5, 0.6) is 0 Å². The minimum Gasteiger partial charge on any atom is -0.319 e. The molecule has 0 aliphatic heterocycles. The number of nitrogens with zero attached hydrogens (tertiary/aromatic N) is 4. The van der Waals surface area contributed by atoms with Gasteiger partial charge in [-0.15, -0.1) is 0 Å². The highest BCUT2D eigenvalue weighted by Crippen LogP contribution is 2.30. The smallest absolute Gasteiger partial charge is 0.293 e. The fourth-order valence-corrected chi connectivity index (χ4v) is 2.44. The van der Waals surface area contributed by atoms with E-state index in [-0.39, 0.29) is 16.9 Å². The fourth-order valence-electron chi connectivity index (χ4n) is 2.44. The first-order valence-corrected chi connectivity index (χ1v) is 7.70. The number of nitro groups is 1. The molecule has 9 heteroatoms. The largest absolute Gasteiger partial charge is 0.319 e. The quantitative estimate of drug-likeness (QED) is 0.658. The van der Waals surface area contributed by atoms with Gasteiger partial charge < -0.3 is 5.32 Å². The molecule has 134 valence electrons. The van der Waals surface area contributed by atoms with Gasteiger partial charge in [-0.3, -0.25) is 19.7 Å². The van der Waals surface area contributed by atoms with Gasteiger partial charge in [-0.1, -0.05) is 6.07 Å². The highest BCUT2D eigenvalue weighted by molar-refractivity contribution is 5.94. The second-order valence-electron chi connectivity index (χ2n) is 5.87. The standard InChI is InChI=1S/C17H17N5O4/c1-9-5-6-14(22(25)26)16(10(9)2)19-15(23)8-21-17(24)13(7-18)11(3)12(4)20-21/h5-6H,8H2,1-4H3,(H,19,23). The summed E-state index contributed by atoms with van der Waals surface area (Å²) in [7, 11) is 0. The zero-order valence-electron chi connectivity index (χ0n) is 14.8. The lowest BCUT2D eigenvalue weighted by atomic mass is 10.1. The number of nitrogens with one attached hydrogen (secondary N) is 1. The molecule has 1 amide bonds. The van der Waals surface area contributed by atoms with Crippen LogP contribution in [0.3, 0.4) is 0 Å². The molecule has 2 aromatic rings. The van der Waals surface area contributed by atoms with E-state index < -0.39 is 22.9 Å². The highest BCUT2D eigenvalue weighted by Gasteiger charge is 2.20. The number of carbonyl (C=O) groups excluding carboxylic acids is 1. The van der Waals surface area contributed by atoms with Gasteiger partial charge in [-0.2, -0.15) is 10.4 Å². The summed E-state index contributed by atoms with van der Waals surface area (Å²) < 4.78 is 0.882. The average Bonchev–Trinajstić information content (AvgIpc) is 2.57. The maximum atomic E-state index is 12.4. The summed E-state index contributed by atoms with van der Waals surface area (Å²) in [6.45, 7) is 6.19. The molecule has 0 bridgehead atoms. The predicted octanol–water partition coefficient (Wildman–Crippen LogP) is 1.90. The van der Waals surface area contributed by atoms with Crippen LogP contribution < -0.4 is 10.9 Å². The van der Waals surface area contributed by atoms with E-state index in [1.165, 1.54) is 6.07 Å². The molecule has 0 aliphatic carbocycles. The summed E-state index contributed by atoms with van der Waals surface area (Å²) in [5.41, 5.74) is 1.33. The lowest BCUT2D eigenvalue weighted by Gasteiger charge is -2.12. The maximum absolute atomic E-state index is 12.4. The van der Waals surface area contributed by atoms with Crippen molar-refractivity contribution in [3.8, 4) is 6.07 Å². The Bertz CT molecular complexity index is 1020. The average molecular weight is 355 g/mol. The Labute approximate surface area is 149 Å². The lowest BCUT2D eigenvalue weighted by molar-refractivity contribution is -0.384. The van der Waals surface area contributed by atoms with Gasteiger partial charge in [0, 0.05) is 6.07 Å². The molecule has 0 fully saturated rings. The Balaban J connectivity index is 2.39. The van der Waals surface area contributed by atoms with Crippen molar-refractivity contribution in [3.63, 3.8) is 0 Å². The number of nitro benzene ring substituents is 1. The van der Waals surface area contributed by atoms with Crippen molar-refractivity contribution >= 4 is 17.3 Å². The van der Waals surface area contributed by atoms with Gasteiger partial charge in [0.2, 0.25) is 5.91 Å². The lowest BCUT2D eigenvalue weighted by Crippen LogP contribution is -2.32. The van der Waals surface area contributed by atoms with Crippen molar-refractivity contribution in [2.45, 2.75) is 34.2 Å². The molecule has 2 rings (SSSR count). The van der Waals surface area contributed by atoms with Crippen LogP contribution >= 0.6 is 0 Å². The van der Waals surface area contributed by atoms with Crippen LogP contribution in [0.2, 0.25) is 0 Å². The zero-order chi connectivity index (χ0) is 19.6. The number of hydrogen-bond acceptors (Lipinski definition) is 6. The van der Waals surface area contributed by atoms with Crippen LogP contribution in [0.25, 0.3) is 0 Å². The van der Waals surface area contributed by atoms with E-state index in [2.05, 4.69) is 10.4 Å². The minimum atomic E-state index is -0.679. The topological polar surface area (TPSA) is 131 Å². The van der Waals surface area contributed by atoms with Crippen molar-refractivity contribution in [1.82, 2.24) is 9.78 Å². The van der Waals surface area contributed by atoms with Gasteiger partial charge in [-0.25, -0.2) is 4.68 Å². The summed E-state index contributed by atoms with van der Waals surface area (Å²) in [5, 5.41) is 26.8. The molecule has 0 spiro atoms. The molecule has 9 nitrogen and oxygen atoms in total. The number of nitriles is 1. The van der Waals surface area contributed by atoms with E-state index in [9.17, 15) is 19.7 Å². The van der Waals surface area contributed by atoms with Crippen molar-refractivity contribution in [1.29, 1.82) is 5.26 Å². The normalized spacial score (nSPS) is 10.3. The predicted molar refractivity (Wildman–Crippen MR) is 93.9 cm³/mol. The monoisotopic (exact) mass is 355 g/mol. The van der Waals surface area contributed by atoms with Crippen molar-refractivity contribution in [2.75, 3.05) is 5.32 Å². The third kappa shape index (κ3) is 3.44. The van der Waals surface area contributed by atoms with Gasteiger partial charge in [0.15, 0.2) is 0 Å². The third-order valence-electron chi connectivity index (χ3n) is 4.22. The molecular formula is C17H17N5O4. The summed E-state index contributed by atoms with van der Waals surface area (Å²) in [6.07, 6.45) is 0. The summed E-state index contributed by atoms with van der Waals surface area (Å²) in [5.74, 6) is -0.649. The van der Waals surface area contributed by atoms with Crippen LogP contribution in [0, 0.1) is 49.1 Å². The van der Waals surface area contributed by atoms with E-state index in [1.807, 2.05) is 6.07 Å². The molecule has 1 heterocycles. The first kappa shape index (κ1) is 18.8. The number of benzene rings is 1. The van der Waals surface area contributed by atoms with Crippen molar-refractivity contribution < 1.29 is 9.72 Å². The van der Waals surface area contributed by atoms with Gasteiger partial charge in [0.25, 0.3) is 11.2 Å². The number of rotatable bonds is 4. The van der Waals surface area contributed by atoms with Gasteiger partial charge in [0.05, 0.1) is 10.6 Å². The second kappa shape index (κ2) is 7.14. The van der Waals surface area contributed by atoms with E-state index in [1.54, 1.807) is 33.8 Å².